The van der Waals surface area contributed by atoms with E-state index in [0.29, 0.717) is 49.6 Å². The molecule has 0 atom stereocenters. The van der Waals surface area contributed by atoms with E-state index in [2.05, 4.69) is 4.98 Å². The van der Waals surface area contributed by atoms with E-state index >= 15 is 0 Å². The van der Waals surface area contributed by atoms with Crippen molar-refractivity contribution < 1.29 is 26.3 Å². The second-order valence-corrected chi connectivity index (χ2v) is 10.2. The van der Waals surface area contributed by atoms with Gasteiger partial charge in [-0.1, -0.05) is 18.7 Å². The van der Waals surface area contributed by atoms with Crippen molar-refractivity contribution in [2.24, 2.45) is 0 Å². The summed E-state index contributed by atoms with van der Waals surface area (Å²) in [5, 5.41) is 0.548. The van der Waals surface area contributed by atoms with E-state index in [0.717, 1.165) is 18.0 Å². The second-order valence-electron chi connectivity index (χ2n) is 7.36. The second kappa shape index (κ2) is 9.42. The predicted molar refractivity (Wildman–Crippen MR) is 115 cm³/mol. The molecule has 1 aromatic heterocycles. The van der Waals surface area contributed by atoms with E-state index in [9.17, 15) is 21.6 Å². The number of nitrogens with zero attached hydrogens (tertiary/aromatic N) is 3. The Hall–Kier alpha value is -2.08. The van der Waals surface area contributed by atoms with Gasteiger partial charge >= 0.3 is 0 Å². The fourth-order valence-electron chi connectivity index (χ4n) is 3.55. The highest BCUT2D eigenvalue weighted by Crippen LogP contribution is 2.30. The molecule has 0 radical (unpaired) electrons. The Kier molecular flexibility index (Phi) is 6.80. The van der Waals surface area contributed by atoms with Crippen LogP contribution in [0.1, 0.15) is 18.9 Å². The van der Waals surface area contributed by atoms with E-state index in [-0.39, 0.29) is 16.2 Å². The summed E-state index contributed by atoms with van der Waals surface area (Å²) in [4.78, 5) is 4.71. The van der Waals surface area contributed by atoms with Crippen LogP contribution in [-0.2, 0) is 27.1 Å². The van der Waals surface area contributed by atoms with Crippen molar-refractivity contribution in [3.63, 3.8) is 0 Å². The van der Waals surface area contributed by atoms with Crippen LogP contribution in [-0.4, -0.2) is 48.6 Å². The molecule has 0 saturated carbocycles. The van der Waals surface area contributed by atoms with Gasteiger partial charge in [0.15, 0.2) is 16.8 Å². The SMILES string of the molecule is CCCn1c(SCc2cc(F)c(F)cc2F)nc2cc(S(=O)(=O)N3CCOCC3)ccc21. The maximum atomic E-state index is 14.0. The zero-order chi connectivity index (χ0) is 22.9. The highest BCUT2D eigenvalue weighted by Gasteiger charge is 2.27. The van der Waals surface area contributed by atoms with Crippen molar-refractivity contribution >= 4 is 32.8 Å². The Bertz CT molecular complexity index is 1240. The lowest BCUT2D eigenvalue weighted by molar-refractivity contribution is 0.0730. The van der Waals surface area contributed by atoms with E-state index in [1.54, 1.807) is 12.1 Å². The number of benzene rings is 2. The van der Waals surface area contributed by atoms with Gasteiger partial charge in [0.1, 0.15) is 5.82 Å². The highest BCUT2D eigenvalue weighted by atomic mass is 32.2. The molecule has 11 heteroatoms. The summed E-state index contributed by atoms with van der Waals surface area (Å²) in [6.45, 7) is 3.92. The molecule has 0 N–H and O–H groups in total. The lowest BCUT2D eigenvalue weighted by Gasteiger charge is -2.26. The van der Waals surface area contributed by atoms with Crippen LogP contribution in [0.2, 0.25) is 0 Å². The van der Waals surface area contributed by atoms with E-state index in [1.807, 2.05) is 11.5 Å². The Morgan fingerprint density at radius 2 is 1.78 bits per heavy atom. The third-order valence-corrected chi connectivity index (χ3v) is 8.11. The highest BCUT2D eigenvalue weighted by molar-refractivity contribution is 7.98. The topological polar surface area (TPSA) is 64.4 Å². The number of hydrogen-bond donors (Lipinski definition) is 0. The number of aryl methyl sites for hydroxylation is 1. The van der Waals surface area contributed by atoms with Crippen LogP contribution in [0.5, 0.6) is 0 Å². The predicted octanol–water partition coefficient (Wildman–Crippen LogP) is 4.18. The largest absolute Gasteiger partial charge is 0.379 e. The summed E-state index contributed by atoms with van der Waals surface area (Å²) in [6, 6.07) is 6.19. The number of thioether (sulfide) groups is 1. The quantitative estimate of drug-likeness (QED) is 0.371. The number of imidazole rings is 1. The minimum absolute atomic E-state index is 0.0274. The fourth-order valence-corrected chi connectivity index (χ4v) is 5.99. The van der Waals surface area contributed by atoms with Crippen molar-refractivity contribution in [1.82, 2.24) is 13.9 Å². The monoisotopic (exact) mass is 485 g/mol. The minimum Gasteiger partial charge on any atom is -0.379 e. The van der Waals surface area contributed by atoms with Crippen LogP contribution in [0.3, 0.4) is 0 Å². The number of fused-ring (bicyclic) bond motifs is 1. The molecule has 4 rings (SSSR count). The van der Waals surface area contributed by atoms with Gasteiger partial charge < -0.3 is 9.30 Å². The van der Waals surface area contributed by atoms with Gasteiger partial charge in [-0.25, -0.2) is 26.6 Å². The number of rotatable bonds is 7. The number of ether oxygens (including phenoxy) is 1. The van der Waals surface area contributed by atoms with Gasteiger partial charge in [0.05, 0.1) is 29.1 Å². The molecule has 6 nitrogen and oxygen atoms in total. The Balaban J connectivity index is 1.66. The van der Waals surface area contributed by atoms with Gasteiger partial charge in [0.2, 0.25) is 10.0 Å². The van der Waals surface area contributed by atoms with Crippen molar-refractivity contribution in [3.05, 3.63) is 53.3 Å². The Morgan fingerprint density at radius 3 is 2.50 bits per heavy atom. The lowest BCUT2D eigenvalue weighted by atomic mass is 10.2. The summed E-state index contributed by atoms with van der Waals surface area (Å²) in [5.74, 6) is -3.12. The maximum Gasteiger partial charge on any atom is 0.243 e. The molecule has 1 aliphatic heterocycles. The van der Waals surface area contributed by atoms with Crippen LogP contribution >= 0.6 is 11.8 Å². The van der Waals surface area contributed by atoms with Crippen LogP contribution in [0.15, 0.2) is 40.4 Å². The molecular weight excluding hydrogens is 463 g/mol. The van der Waals surface area contributed by atoms with E-state index < -0.39 is 27.5 Å². The summed E-state index contributed by atoms with van der Waals surface area (Å²) in [6.07, 6.45) is 0.798. The molecule has 1 aliphatic rings. The molecule has 0 unspecified atom stereocenters. The van der Waals surface area contributed by atoms with Crippen LogP contribution in [0.4, 0.5) is 13.2 Å². The Morgan fingerprint density at radius 1 is 1.06 bits per heavy atom. The molecule has 0 bridgehead atoms. The fraction of sp³-hybridized carbons (Fsp3) is 0.381. The van der Waals surface area contributed by atoms with Crippen molar-refractivity contribution in [3.8, 4) is 0 Å². The van der Waals surface area contributed by atoms with Gasteiger partial charge in [0.25, 0.3) is 0 Å². The molecule has 172 valence electrons. The molecule has 3 aromatic rings. The van der Waals surface area contributed by atoms with E-state index in [4.69, 9.17) is 4.74 Å². The van der Waals surface area contributed by atoms with Crippen LogP contribution in [0.25, 0.3) is 11.0 Å². The number of sulfonamides is 1. The van der Waals surface area contributed by atoms with Crippen molar-refractivity contribution in [1.29, 1.82) is 0 Å². The zero-order valence-electron chi connectivity index (χ0n) is 17.4. The van der Waals surface area contributed by atoms with Gasteiger partial charge in [0, 0.05) is 37.0 Å². The van der Waals surface area contributed by atoms with E-state index in [1.165, 1.54) is 22.1 Å². The van der Waals surface area contributed by atoms with Crippen molar-refractivity contribution in [2.45, 2.75) is 35.7 Å². The van der Waals surface area contributed by atoms with Crippen molar-refractivity contribution in [2.75, 3.05) is 26.3 Å². The average Bonchev–Trinajstić information content (AvgIpc) is 3.13. The van der Waals surface area contributed by atoms with Gasteiger partial charge in [-0.3, -0.25) is 0 Å². The first-order valence-electron chi connectivity index (χ1n) is 10.2. The number of hydrogen-bond acceptors (Lipinski definition) is 5. The lowest BCUT2D eigenvalue weighted by Crippen LogP contribution is -2.40. The molecular formula is C21H22F3N3O3S2. The number of halogens is 3. The minimum atomic E-state index is -3.67. The molecule has 1 saturated heterocycles. The zero-order valence-corrected chi connectivity index (χ0v) is 19.0. The van der Waals surface area contributed by atoms with Gasteiger partial charge in [-0.2, -0.15) is 4.31 Å². The normalized spacial score (nSPS) is 15.5. The third-order valence-electron chi connectivity index (χ3n) is 5.19. The number of aromatic nitrogens is 2. The smallest absolute Gasteiger partial charge is 0.243 e. The van der Waals surface area contributed by atoms with Gasteiger partial charge in [-0.05, 0) is 30.7 Å². The third kappa shape index (κ3) is 4.52. The standard InChI is InChI=1S/C21H22F3N3O3S2/c1-2-5-27-20-4-3-15(32(28,29)26-6-8-30-9-7-26)11-19(20)25-21(27)31-13-14-10-17(23)18(24)12-16(14)22/h3-4,10-12H,2,5-9,13H2,1H3. The van der Waals surface area contributed by atoms with Gasteiger partial charge in [-0.15, -0.1) is 0 Å². The summed E-state index contributed by atoms with van der Waals surface area (Å²) in [5.41, 5.74) is 1.28. The first-order valence-corrected chi connectivity index (χ1v) is 12.6. The first-order chi connectivity index (χ1) is 15.3. The summed E-state index contributed by atoms with van der Waals surface area (Å²) in [7, 11) is -3.67. The van der Waals surface area contributed by atoms with Crippen LogP contribution < -0.4 is 0 Å². The van der Waals surface area contributed by atoms with Crippen LogP contribution in [0, 0.1) is 17.5 Å². The molecule has 2 heterocycles. The molecule has 32 heavy (non-hydrogen) atoms. The molecule has 0 aliphatic carbocycles. The molecule has 0 spiro atoms. The summed E-state index contributed by atoms with van der Waals surface area (Å²) < 4.78 is 75.2. The Labute approximate surface area is 188 Å². The number of morpholine rings is 1. The molecule has 1 fully saturated rings. The summed E-state index contributed by atoms with van der Waals surface area (Å²) >= 11 is 1.18. The molecule has 0 amide bonds. The average molecular weight is 486 g/mol. The molecule has 2 aromatic carbocycles. The first kappa shape index (κ1) is 23.1. The maximum absolute atomic E-state index is 14.0.